The molecular formula is C20H26O6. The predicted molar refractivity (Wildman–Crippen MR) is 96.0 cm³/mol. The molecule has 1 fully saturated rings. The minimum atomic E-state index is -0.719. The molecule has 0 saturated carbocycles. The largest absolute Gasteiger partial charge is 0.458 e. The van der Waals surface area contributed by atoms with Crippen molar-refractivity contribution in [1.82, 2.24) is 0 Å². The van der Waals surface area contributed by atoms with Crippen LogP contribution in [0.25, 0.3) is 0 Å². The van der Waals surface area contributed by atoms with E-state index in [1.807, 2.05) is 19.9 Å². The van der Waals surface area contributed by atoms with Crippen molar-refractivity contribution in [1.29, 1.82) is 0 Å². The molecule has 1 saturated heterocycles. The maximum atomic E-state index is 12.4. The summed E-state index contributed by atoms with van der Waals surface area (Å²) in [4.78, 5) is 24.4. The number of aliphatic hydroxyl groups excluding tert-OH is 2. The third kappa shape index (κ3) is 4.71. The van der Waals surface area contributed by atoms with E-state index in [2.05, 4.69) is 12.7 Å². The summed E-state index contributed by atoms with van der Waals surface area (Å²) in [5.74, 6) is -1.70. The van der Waals surface area contributed by atoms with E-state index in [0.717, 1.165) is 24.0 Å². The Balaban J connectivity index is 2.36. The third-order valence-corrected chi connectivity index (χ3v) is 4.69. The molecule has 2 aliphatic rings. The molecular weight excluding hydrogens is 336 g/mol. The topological polar surface area (TPSA) is 93.1 Å². The normalized spacial score (nSPS) is 31.2. The summed E-state index contributed by atoms with van der Waals surface area (Å²) in [5, 5.41) is 18.3. The first kappa shape index (κ1) is 20.1. The molecule has 1 aliphatic carbocycles. The molecule has 0 amide bonds. The Morgan fingerprint density at radius 3 is 2.77 bits per heavy atom. The van der Waals surface area contributed by atoms with Gasteiger partial charge >= 0.3 is 11.9 Å². The summed E-state index contributed by atoms with van der Waals surface area (Å²) < 4.78 is 11.1. The maximum absolute atomic E-state index is 12.4. The number of carbonyl (C=O) groups excluding carboxylic acids is 2. The number of hydrogen-bond acceptors (Lipinski definition) is 6. The fraction of sp³-hybridized carbons (Fsp3) is 0.500. The van der Waals surface area contributed by atoms with E-state index in [9.17, 15) is 14.7 Å². The van der Waals surface area contributed by atoms with Crippen LogP contribution in [-0.4, -0.2) is 47.6 Å². The molecule has 1 aliphatic heterocycles. The number of aliphatic hydroxyl groups is 2. The predicted octanol–water partition coefficient (Wildman–Crippen LogP) is 1.98. The van der Waals surface area contributed by atoms with Crippen LogP contribution in [-0.2, 0) is 19.1 Å². The van der Waals surface area contributed by atoms with Crippen molar-refractivity contribution in [3.05, 3.63) is 47.1 Å². The van der Waals surface area contributed by atoms with Crippen molar-refractivity contribution in [3.8, 4) is 0 Å². The lowest BCUT2D eigenvalue weighted by Crippen LogP contribution is -2.34. The fourth-order valence-corrected chi connectivity index (χ4v) is 3.27. The molecule has 3 atom stereocenters. The summed E-state index contributed by atoms with van der Waals surface area (Å²) in [7, 11) is 0. The summed E-state index contributed by atoms with van der Waals surface area (Å²) in [6.07, 6.45) is 6.17. The van der Waals surface area contributed by atoms with Gasteiger partial charge in [0.2, 0.25) is 0 Å². The first-order valence-corrected chi connectivity index (χ1v) is 8.71. The molecule has 2 rings (SSSR count). The van der Waals surface area contributed by atoms with Crippen LogP contribution in [0.4, 0.5) is 0 Å². The number of fused-ring (bicyclic) bond motifs is 1. The number of allylic oxidation sites excluding steroid dienone is 2. The second kappa shape index (κ2) is 8.96. The Bertz CT molecular complexity index is 670. The summed E-state index contributed by atoms with van der Waals surface area (Å²) in [6.45, 7) is 6.85. The Morgan fingerprint density at radius 2 is 2.12 bits per heavy atom. The third-order valence-electron chi connectivity index (χ3n) is 4.69. The van der Waals surface area contributed by atoms with Gasteiger partial charge in [0, 0.05) is 12.0 Å². The summed E-state index contributed by atoms with van der Waals surface area (Å²) in [6, 6.07) is 0. The molecule has 142 valence electrons. The van der Waals surface area contributed by atoms with E-state index in [1.165, 1.54) is 6.08 Å². The molecule has 6 nitrogen and oxygen atoms in total. The summed E-state index contributed by atoms with van der Waals surface area (Å²) in [5.41, 5.74) is 2.39. The van der Waals surface area contributed by atoms with E-state index in [1.54, 1.807) is 0 Å². The van der Waals surface area contributed by atoms with Crippen LogP contribution in [0.2, 0.25) is 0 Å². The van der Waals surface area contributed by atoms with Crippen molar-refractivity contribution < 1.29 is 29.3 Å². The van der Waals surface area contributed by atoms with E-state index in [0.29, 0.717) is 6.42 Å². The Labute approximate surface area is 153 Å². The molecule has 2 N–H and O–H groups in total. The molecule has 0 aromatic heterocycles. The van der Waals surface area contributed by atoms with Gasteiger partial charge in [-0.2, -0.15) is 0 Å². The number of carbonyl (C=O) groups is 2. The zero-order valence-corrected chi connectivity index (χ0v) is 15.2. The molecule has 0 radical (unpaired) electrons. The Morgan fingerprint density at radius 1 is 1.38 bits per heavy atom. The van der Waals surface area contributed by atoms with Crippen LogP contribution in [0.5, 0.6) is 0 Å². The SMILES string of the molecule is C=C1C(=O)O[C@@H]2/C=C(\C)CC/C=C(/C)C[C@H](OC(=O)/C(=C/CO)CO)C12. The highest BCUT2D eigenvalue weighted by atomic mass is 16.6. The monoisotopic (exact) mass is 362 g/mol. The lowest BCUT2D eigenvalue weighted by Gasteiger charge is -2.27. The first-order valence-electron chi connectivity index (χ1n) is 8.71. The van der Waals surface area contributed by atoms with Crippen molar-refractivity contribution in [2.24, 2.45) is 5.92 Å². The Hall–Kier alpha value is -2.18. The van der Waals surface area contributed by atoms with Gasteiger partial charge < -0.3 is 19.7 Å². The van der Waals surface area contributed by atoms with Gasteiger partial charge in [0.15, 0.2) is 0 Å². The van der Waals surface area contributed by atoms with Crippen LogP contribution in [0.15, 0.2) is 47.1 Å². The van der Waals surface area contributed by atoms with Gasteiger partial charge in [0.25, 0.3) is 0 Å². The first-order chi connectivity index (χ1) is 12.4. The highest BCUT2D eigenvalue weighted by molar-refractivity contribution is 5.92. The van der Waals surface area contributed by atoms with E-state index >= 15 is 0 Å². The maximum Gasteiger partial charge on any atom is 0.336 e. The van der Waals surface area contributed by atoms with Gasteiger partial charge in [-0.3, -0.25) is 0 Å². The van der Waals surface area contributed by atoms with Crippen LogP contribution in [0, 0.1) is 5.92 Å². The summed E-state index contributed by atoms with van der Waals surface area (Å²) >= 11 is 0. The lowest BCUT2D eigenvalue weighted by molar-refractivity contribution is -0.147. The van der Waals surface area contributed by atoms with E-state index < -0.39 is 36.7 Å². The van der Waals surface area contributed by atoms with Gasteiger partial charge in [-0.25, -0.2) is 9.59 Å². The smallest absolute Gasteiger partial charge is 0.336 e. The van der Waals surface area contributed by atoms with Gasteiger partial charge in [0.1, 0.15) is 12.2 Å². The van der Waals surface area contributed by atoms with E-state index in [-0.39, 0.29) is 17.8 Å². The average molecular weight is 362 g/mol. The molecule has 26 heavy (non-hydrogen) atoms. The minimum absolute atomic E-state index is 0.0228. The molecule has 0 bridgehead atoms. The second-order valence-electron chi connectivity index (χ2n) is 6.74. The zero-order valence-electron chi connectivity index (χ0n) is 15.2. The van der Waals surface area contributed by atoms with Crippen molar-refractivity contribution >= 4 is 11.9 Å². The van der Waals surface area contributed by atoms with Crippen LogP contribution >= 0.6 is 0 Å². The van der Waals surface area contributed by atoms with E-state index in [4.69, 9.17) is 14.6 Å². The quantitative estimate of drug-likeness (QED) is 0.451. The standard InChI is InChI=1S/C20H26O6/c1-12-5-4-6-13(2)10-17(26-20(24)15(11-22)7-8-21)18-14(3)19(23)25-16(18)9-12/h6-7,9,16-18,21-22H,3-5,8,10-11H2,1-2H3/b12-9+,13-6-,15-7+/t16-,17+,18?/m1/s1. The molecule has 0 aromatic carbocycles. The highest BCUT2D eigenvalue weighted by Crippen LogP contribution is 2.36. The van der Waals surface area contributed by atoms with Crippen LogP contribution in [0.3, 0.4) is 0 Å². The average Bonchev–Trinajstić information content (AvgIpc) is 2.85. The van der Waals surface area contributed by atoms with Crippen LogP contribution in [0.1, 0.15) is 33.1 Å². The highest BCUT2D eigenvalue weighted by Gasteiger charge is 2.44. The molecule has 0 aromatic rings. The van der Waals surface area contributed by atoms with Gasteiger partial charge in [-0.1, -0.05) is 23.8 Å². The zero-order chi connectivity index (χ0) is 19.3. The molecule has 6 heteroatoms. The fourth-order valence-electron chi connectivity index (χ4n) is 3.27. The van der Waals surface area contributed by atoms with Gasteiger partial charge in [-0.05, 0) is 38.8 Å². The second-order valence-corrected chi connectivity index (χ2v) is 6.74. The number of esters is 2. The lowest BCUT2D eigenvalue weighted by atomic mass is 9.85. The van der Waals surface area contributed by atoms with Crippen LogP contribution < -0.4 is 0 Å². The Kier molecular flexibility index (Phi) is 6.94. The van der Waals surface area contributed by atoms with Crippen molar-refractivity contribution in [2.75, 3.05) is 13.2 Å². The molecule has 1 unspecified atom stereocenters. The molecule has 1 heterocycles. The van der Waals surface area contributed by atoms with Gasteiger partial charge in [0.05, 0.1) is 24.7 Å². The van der Waals surface area contributed by atoms with Crippen molar-refractivity contribution in [2.45, 2.75) is 45.3 Å². The minimum Gasteiger partial charge on any atom is -0.458 e. The molecule has 0 spiro atoms. The number of ether oxygens (including phenoxy) is 2. The number of rotatable bonds is 4. The van der Waals surface area contributed by atoms with Crippen molar-refractivity contribution in [3.63, 3.8) is 0 Å². The number of hydrogen-bond donors (Lipinski definition) is 2. The van der Waals surface area contributed by atoms with Gasteiger partial charge in [-0.15, -0.1) is 0 Å².